The van der Waals surface area contributed by atoms with Crippen molar-refractivity contribution in [3.63, 3.8) is 0 Å². The third-order valence-corrected chi connectivity index (χ3v) is 3.50. The molecule has 1 unspecified atom stereocenters. The maximum absolute atomic E-state index is 10.1. The summed E-state index contributed by atoms with van der Waals surface area (Å²) in [6.07, 6.45) is -0.636. The minimum atomic E-state index is -0.636. The van der Waals surface area contributed by atoms with Crippen molar-refractivity contribution in [3.05, 3.63) is 64.2 Å². The number of aliphatic hydroxyl groups excluding tert-OH is 1. The molecule has 0 spiro atoms. The van der Waals surface area contributed by atoms with Gasteiger partial charge in [-0.2, -0.15) is 5.26 Å². The highest BCUT2D eigenvalue weighted by molar-refractivity contribution is 6.31. The van der Waals surface area contributed by atoms with Crippen LogP contribution < -0.4 is 5.32 Å². The molecule has 2 N–H and O–H groups in total. The second-order valence-electron chi connectivity index (χ2n) is 4.59. The number of nitriles is 1. The van der Waals surface area contributed by atoms with Gasteiger partial charge in [-0.3, -0.25) is 0 Å². The second kappa shape index (κ2) is 6.42. The highest BCUT2D eigenvalue weighted by atomic mass is 35.5. The van der Waals surface area contributed by atoms with E-state index in [0.717, 1.165) is 16.8 Å². The zero-order chi connectivity index (χ0) is 14.5. The summed E-state index contributed by atoms with van der Waals surface area (Å²) in [6.45, 7) is 2.32. The number of benzene rings is 2. The van der Waals surface area contributed by atoms with Gasteiger partial charge in [-0.05, 0) is 42.3 Å². The van der Waals surface area contributed by atoms with Crippen LogP contribution >= 0.6 is 11.6 Å². The third-order valence-electron chi connectivity index (χ3n) is 3.10. The number of aliphatic hydroxyl groups is 1. The number of nitrogens with zero attached hydrogens (tertiary/aromatic N) is 1. The van der Waals surface area contributed by atoms with Crippen molar-refractivity contribution >= 4 is 17.3 Å². The molecule has 0 fully saturated rings. The Morgan fingerprint density at radius 3 is 2.55 bits per heavy atom. The average Bonchev–Trinajstić information content (AvgIpc) is 2.48. The van der Waals surface area contributed by atoms with Crippen LogP contribution in [0, 0.1) is 18.3 Å². The van der Waals surface area contributed by atoms with E-state index in [-0.39, 0.29) is 0 Å². The second-order valence-corrected chi connectivity index (χ2v) is 5.00. The van der Waals surface area contributed by atoms with Crippen LogP contribution in [-0.4, -0.2) is 11.7 Å². The van der Waals surface area contributed by atoms with E-state index in [1.807, 2.05) is 25.1 Å². The van der Waals surface area contributed by atoms with Crippen molar-refractivity contribution in [2.24, 2.45) is 0 Å². The standard InChI is InChI=1S/C16H15ClN2O/c1-11-2-7-14(8-15(11)17)19-10-16(20)13-5-3-12(9-18)4-6-13/h2-8,16,19-20H,10H2,1H3. The molecule has 0 aliphatic heterocycles. The van der Waals surface area contributed by atoms with Gasteiger partial charge >= 0.3 is 0 Å². The summed E-state index contributed by atoms with van der Waals surface area (Å²) >= 11 is 6.05. The first-order valence-electron chi connectivity index (χ1n) is 6.28. The van der Waals surface area contributed by atoms with Gasteiger partial charge in [0.2, 0.25) is 0 Å². The number of hydrogen-bond donors (Lipinski definition) is 2. The first-order chi connectivity index (χ1) is 9.60. The van der Waals surface area contributed by atoms with Crippen molar-refractivity contribution in [2.75, 3.05) is 11.9 Å². The van der Waals surface area contributed by atoms with Gasteiger partial charge in [0.25, 0.3) is 0 Å². The van der Waals surface area contributed by atoms with Crippen LogP contribution in [0.3, 0.4) is 0 Å². The fourth-order valence-electron chi connectivity index (χ4n) is 1.81. The van der Waals surface area contributed by atoms with Crippen LogP contribution in [0.25, 0.3) is 0 Å². The summed E-state index contributed by atoms with van der Waals surface area (Å²) in [4.78, 5) is 0. The van der Waals surface area contributed by atoms with Gasteiger partial charge in [-0.1, -0.05) is 29.8 Å². The summed E-state index contributed by atoms with van der Waals surface area (Å²) < 4.78 is 0. The smallest absolute Gasteiger partial charge is 0.0991 e. The molecule has 0 bridgehead atoms. The fraction of sp³-hybridized carbons (Fsp3) is 0.188. The Hall–Kier alpha value is -2.02. The van der Waals surface area contributed by atoms with Gasteiger partial charge in [-0.15, -0.1) is 0 Å². The van der Waals surface area contributed by atoms with Crippen LogP contribution in [-0.2, 0) is 0 Å². The lowest BCUT2D eigenvalue weighted by atomic mass is 10.1. The van der Waals surface area contributed by atoms with Crippen molar-refractivity contribution in [1.82, 2.24) is 0 Å². The molecular formula is C16H15ClN2O. The molecule has 0 aliphatic rings. The molecule has 2 rings (SSSR count). The fourth-order valence-corrected chi connectivity index (χ4v) is 2.00. The Bertz CT molecular complexity index is 632. The SMILES string of the molecule is Cc1ccc(NCC(O)c2ccc(C#N)cc2)cc1Cl. The highest BCUT2D eigenvalue weighted by Gasteiger charge is 2.07. The maximum atomic E-state index is 10.1. The van der Waals surface area contributed by atoms with E-state index in [0.29, 0.717) is 17.1 Å². The molecule has 3 nitrogen and oxygen atoms in total. The van der Waals surface area contributed by atoms with Crippen LogP contribution in [0.1, 0.15) is 22.8 Å². The molecule has 1 atom stereocenters. The molecular weight excluding hydrogens is 272 g/mol. The van der Waals surface area contributed by atoms with Gasteiger partial charge in [0, 0.05) is 17.3 Å². The maximum Gasteiger partial charge on any atom is 0.0991 e. The molecule has 102 valence electrons. The van der Waals surface area contributed by atoms with Crippen LogP contribution in [0.15, 0.2) is 42.5 Å². The van der Waals surface area contributed by atoms with Crippen LogP contribution in [0.2, 0.25) is 5.02 Å². The first kappa shape index (κ1) is 14.4. The zero-order valence-electron chi connectivity index (χ0n) is 11.1. The minimum absolute atomic E-state index is 0.380. The van der Waals surface area contributed by atoms with Crippen molar-refractivity contribution in [2.45, 2.75) is 13.0 Å². The van der Waals surface area contributed by atoms with E-state index >= 15 is 0 Å². The minimum Gasteiger partial charge on any atom is -0.387 e. The molecule has 0 radical (unpaired) electrons. The van der Waals surface area contributed by atoms with E-state index in [4.69, 9.17) is 16.9 Å². The van der Waals surface area contributed by atoms with Crippen LogP contribution in [0.4, 0.5) is 5.69 Å². The van der Waals surface area contributed by atoms with Gasteiger partial charge in [0.05, 0.1) is 17.7 Å². The van der Waals surface area contributed by atoms with E-state index in [2.05, 4.69) is 11.4 Å². The Labute approximate surface area is 123 Å². The molecule has 20 heavy (non-hydrogen) atoms. The molecule has 0 aliphatic carbocycles. The van der Waals surface area contributed by atoms with E-state index in [1.165, 1.54) is 0 Å². The quantitative estimate of drug-likeness (QED) is 0.902. The van der Waals surface area contributed by atoms with Crippen molar-refractivity contribution < 1.29 is 5.11 Å². The monoisotopic (exact) mass is 286 g/mol. The summed E-state index contributed by atoms with van der Waals surface area (Å²) in [5.74, 6) is 0. The number of halogens is 1. The predicted octanol–water partition coefficient (Wildman–Crippen LogP) is 3.67. The van der Waals surface area contributed by atoms with Gasteiger partial charge in [0.1, 0.15) is 0 Å². The van der Waals surface area contributed by atoms with Gasteiger partial charge in [-0.25, -0.2) is 0 Å². The first-order valence-corrected chi connectivity index (χ1v) is 6.66. The van der Waals surface area contributed by atoms with Crippen molar-refractivity contribution in [1.29, 1.82) is 5.26 Å². The number of anilines is 1. The largest absolute Gasteiger partial charge is 0.387 e. The summed E-state index contributed by atoms with van der Waals surface area (Å²) in [7, 11) is 0. The molecule has 0 amide bonds. The molecule has 0 saturated carbocycles. The molecule has 2 aromatic carbocycles. The number of nitrogens with one attached hydrogen (secondary N) is 1. The number of rotatable bonds is 4. The predicted molar refractivity (Wildman–Crippen MR) is 80.8 cm³/mol. The average molecular weight is 287 g/mol. The summed E-state index contributed by atoms with van der Waals surface area (Å²) in [5.41, 5.74) is 3.24. The normalized spacial score (nSPS) is 11.7. The Morgan fingerprint density at radius 2 is 1.95 bits per heavy atom. The summed E-state index contributed by atoms with van der Waals surface area (Å²) in [5, 5.41) is 22.7. The zero-order valence-corrected chi connectivity index (χ0v) is 11.9. The number of hydrogen-bond acceptors (Lipinski definition) is 3. The summed E-state index contributed by atoms with van der Waals surface area (Å²) in [6, 6.07) is 14.6. The number of aryl methyl sites for hydroxylation is 1. The topological polar surface area (TPSA) is 56.0 Å². The highest BCUT2D eigenvalue weighted by Crippen LogP contribution is 2.21. The Kier molecular flexibility index (Phi) is 4.62. The van der Waals surface area contributed by atoms with E-state index in [1.54, 1.807) is 24.3 Å². The lowest BCUT2D eigenvalue weighted by Gasteiger charge is -2.14. The van der Waals surface area contributed by atoms with Crippen molar-refractivity contribution in [3.8, 4) is 6.07 Å². The van der Waals surface area contributed by atoms with Gasteiger partial charge < -0.3 is 10.4 Å². The third kappa shape index (κ3) is 3.51. The van der Waals surface area contributed by atoms with E-state index < -0.39 is 6.10 Å². The molecule has 0 heterocycles. The van der Waals surface area contributed by atoms with Crippen LogP contribution in [0.5, 0.6) is 0 Å². The lowest BCUT2D eigenvalue weighted by molar-refractivity contribution is 0.191. The molecule has 0 saturated heterocycles. The molecule has 0 aromatic heterocycles. The molecule has 2 aromatic rings. The Morgan fingerprint density at radius 1 is 1.25 bits per heavy atom. The Balaban J connectivity index is 1.99. The van der Waals surface area contributed by atoms with Gasteiger partial charge in [0.15, 0.2) is 0 Å². The van der Waals surface area contributed by atoms with E-state index in [9.17, 15) is 5.11 Å². The lowest BCUT2D eigenvalue weighted by Crippen LogP contribution is -2.12. The molecule has 4 heteroatoms.